The number of ether oxygens (including phenoxy) is 1. The fourth-order valence-corrected chi connectivity index (χ4v) is 1.05. The van der Waals surface area contributed by atoms with Crippen LogP contribution in [0.25, 0.3) is 0 Å². The molecule has 0 amide bonds. The zero-order valence-electron chi connectivity index (χ0n) is 8.13. The van der Waals surface area contributed by atoms with E-state index in [1.54, 1.807) is 24.3 Å². The van der Waals surface area contributed by atoms with Crippen molar-refractivity contribution in [2.24, 2.45) is 0 Å². The van der Waals surface area contributed by atoms with Crippen molar-refractivity contribution in [3.05, 3.63) is 29.8 Å². The van der Waals surface area contributed by atoms with E-state index in [4.69, 9.17) is 4.74 Å². The third-order valence-electron chi connectivity index (χ3n) is 1.79. The number of hydrogen-bond donors (Lipinski definition) is 0. The second-order valence-electron chi connectivity index (χ2n) is 2.98. The smallest absolute Gasteiger partial charge is 0.159 e. The SMILES string of the molecule is CC(=O)c1cccc(OCCCF)c1. The molecule has 76 valence electrons. The molecule has 0 spiro atoms. The van der Waals surface area contributed by atoms with Gasteiger partial charge in [-0.25, -0.2) is 0 Å². The molecule has 1 aromatic rings. The summed E-state index contributed by atoms with van der Waals surface area (Å²) in [6, 6.07) is 6.90. The van der Waals surface area contributed by atoms with Crippen molar-refractivity contribution in [1.29, 1.82) is 0 Å². The molecule has 0 saturated carbocycles. The van der Waals surface area contributed by atoms with Crippen LogP contribution in [0.1, 0.15) is 23.7 Å². The van der Waals surface area contributed by atoms with Crippen LogP contribution in [0, 0.1) is 0 Å². The van der Waals surface area contributed by atoms with Crippen LogP contribution < -0.4 is 4.74 Å². The van der Waals surface area contributed by atoms with Gasteiger partial charge in [0.15, 0.2) is 5.78 Å². The van der Waals surface area contributed by atoms with E-state index in [2.05, 4.69) is 0 Å². The minimum absolute atomic E-state index is 0.000872. The number of ketones is 1. The van der Waals surface area contributed by atoms with Gasteiger partial charge in [0, 0.05) is 12.0 Å². The summed E-state index contributed by atoms with van der Waals surface area (Å²) in [5.74, 6) is 0.618. The molecule has 0 N–H and O–H groups in total. The number of carbonyl (C=O) groups excluding carboxylic acids is 1. The number of rotatable bonds is 5. The van der Waals surface area contributed by atoms with Gasteiger partial charge in [0.2, 0.25) is 0 Å². The number of benzene rings is 1. The Bertz CT molecular complexity index is 310. The normalized spacial score (nSPS) is 9.86. The maximum Gasteiger partial charge on any atom is 0.159 e. The molecule has 0 aliphatic rings. The topological polar surface area (TPSA) is 26.3 Å². The van der Waals surface area contributed by atoms with Crippen LogP contribution in [-0.2, 0) is 0 Å². The number of carbonyl (C=O) groups is 1. The summed E-state index contributed by atoms with van der Waals surface area (Å²) in [5.41, 5.74) is 0.614. The Morgan fingerprint density at radius 1 is 1.50 bits per heavy atom. The standard InChI is InChI=1S/C11H13FO2/c1-9(13)10-4-2-5-11(8-10)14-7-3-6-12/h2,4-5,8H,3,6-7H2,1H3. The predicted octanol–water partition coefficient (Wildman–Crippen LogP) is 2.63. The minimum Gasteiger partial charge on any atom is -0.493 e. The lowest BCUT2D eigenvalue weighted by Gasteiger charge is -2.05. The van der Waals surface area contributed by atoms with Gasteiger partial charge in [-0.3, -0.25) is 9.18 Å². The lowest BCUT2D eigenvalue weighted by molar-refractivity contribution is 0.101. The lowest BCUT2D eigenvalue weighted by Crippen LogP contribution is -1.99. The van der Waals surface area contributed by atoms with Crippen molar-refractivity contribution in [2.45, 2.75) is 13.3 Å². The molecule has 0 atom stereocenters. The molecule has 0 saturated heterocycles. The van der Waals surface area contributed by atoms with Gasteiger partial charge in [-0.1, -0.05) is 12.1 Å². The Balaban J connectivity index is 2.59. The molecular weight excluding hydrogens is 183 g/mol. The van der Waals surface area contributed by atoms with Gasteiger partial charge < -0.3 is 4.74 Å². The number of hydrogen-bond acceptors (Lipinski definition) is 2. The number of Topliss-reactive ketones (excluding diaryl/α,β-unsaturated/α-hetero) is 1. The van der Waals surface area contributed by atoms with Crippen LogP contribution >= 0.6 is 0 Å². The molecule has 0 unspecified atom stereocenters. The van der Waals surface area contributed by atoms with Crippen LogP contribution in [-0.4, -0.2) is 19.1 Å². The van der Waals surface area contributed by atoms with Crippen LogP contribution in [0.3, 0.4) is 0 Å². The molecule has 0 radical (unpaired) electrons. The van der Waals surface area contributed by atoms with Gasteiger partial charge >= 0.3 is 0 Å². The second-order valence-corrected chi connectivity index (χ2v) is 2.98. The Kier molecular flexibility index (Phi) is 4.11. The fraction of sp³-hybridized carbons (Fsp3) is 0.364. The first-order valence-corrected chi connectivity index (χ1v) is 4.54. The first-order chi connectivity index (χ1) is 6.74. The van der Waals surface area contributed by atoms with Gasteiger partial charge in [-0.2, -0.15) is 0 Å². The highest BCUT2D eigenvalue weighted by Gasteiger charge is 2.00. The minimum atomic E-state index is -0.383. The Labute approximate surface area is 82.7 Å². The number of halogens is 1. The Morgan fingerprint density at radius 2 is 2.29 bits per heavy atom. The maximum absolute atomic E-state index is 11.8. The van der Waals surface area contributed by atoms with Crippen molar-refractivity contribution in [2.75, 3.05) is 13.3 Å². The average molecular weight is 196 g/mol. The predicted molar refractivity (Wildman–Crippen MR) is 52.5 cm³/mol. The van der Waals surface area contributed by atoms with E-state index in [1.165, 1.54) is 6.92 Å². The summed E-state index contributed by atoms with van der Waals surface area (Å²) in [6.45, 7) is 1.46. The van der Waals surface area contributed by atoms with Crippen molar-refractivity contribution < 1.29 is 13.9 Å². The third kappa shape index (κ3) is 3.17. The summed E-state index contributed by atoms with van der Waals surface area (Å²) >= 11 is 0. The molecular formula is C11H13FO2. The summed E-state index contributed by atoms with van der Waals surface area (Å²) in [4.78, 5) is 11.0. The van der Waals surface area contributed by atoms with Crippen molar-refractivity contribution in [1.82, 2.24) is 0 Å². The second kappa shape index (κ2) is 5.37. The van der Waals surface area contributed by atoms with E-state index >= 15 is 0 Å². The van der Waals surface area contributed by atoms with E-state index in [1.807, 2.05) is 0 Å². The van der Waals surface area contributed by atoms with Crippen LogP contribution in [0.15, 0.2) is 24.3 Å². The maximum atomic E-state index is 11.8. The van der Waals surface area contributed by atoms with Crippen LogP contribution in [0.2, 0.25) is 0 Å². The Morgan fingerprint density at radius 3 is 2.93 bits per heavy atom. The molecule has 0 aromatic heterocycles. The van der Waals surface area contributed by atoms with Crippen molar-refractivity contribution in [3.63, 3.8) is 0 Å². The van der Waals surface area contributed by atoms with E-state index in [0.717, 1.165) is 0 Å². The van der Waals surface area contributed by atoms with Gasteiger partial charge in [-0.15, -0.1) is 0 Å². The quantitative estimate of drug-likeness (QED) is 0.534. The highest BCUT2D eigenvalue weighted by Crippen LogP contribution is 2.13. The van der Waals surface area contributed by atoms with Gasteiger partial charge in [-0.05, 0) is 19.1 Å². The van der Waals surface area contributed by atoms with E-state index < -0.39 is 0 Å². The fourth-order valence-electron chi connectivity index (χ4n) is 1.05. The molecule has 0 heterocycles. The summed E-state index contributed by atoms with van der Waals surface area (Å²) in [5, 5.41) is 0. The van der Waals surface area contributed by atoms with E-state index in [9.17, 15) is 9.18 Å². The monoisotopic (exact) mass is 196 g/mol. The molecule has 14 heavy (non-hydrogen) atoms. The van der Waals surface area contributed by atoms with Crippen molar-refractivity contribution in [3.8, 4) is 5.75 Å². The van der Waals surface area contributed by atoms with E-state index in [-0.39, 0.29) is 12.5 Å². The number of alkyl halides is 1. The highest BCUT2D eigenvalue weighted by atomic mass is 19.1. The summed E-state index contributed by atoms with van der Waals surface area (Å²) < 4.78 is 17.0. The molecule has 0 fully saturated rings. The molecule has 0 bridgehead atoms. The summed E-state index contributed by atoms with van der Waals surface area (Å²) in [6.07, 6.45) is 0.379. The van der Waals surface area contributed by atoms with Gasteiger partial charge in [0.1, 0.15) is 5.75 Å². The van der Waals surface area contributed by atoms with Crippen molar-refractivity contribution >= 4 is 5.78 Å². The lowest BCUT2D eigenvalue weighted by atomic mass is 10.1. The highest BCUT2D eigenvalue weighted by molar-refractivity contribution is 5.94. The largest absolute Gasteiger partial charge is 0.493 e. The van der Waals surface area contributed by atoms with Gasteiger partial charge in [0.05, 0.1) is 13.3 Å². The Hall–Kier alpha value is -1.38. The summed E-state index contributed by atoms with van der Waals surface area (Å²) in [7, 11) is 0. The van der Waals surface area contributed by atoms with Crippen LogP contribution in [0.5, 0.6) is 5.75 Å². The van der Waals surface area contributed by atoms with E-state index in [0.29, 0.717) is 24.3 Å². The van der Waals surface area contributed by atoms with Gasteiger partial charge in [0.25, 0.3) is 0 Å². The zero-order chi connectivity index (χ0) is 10.4. The first-order valence-electron chi connectivity index (χ1n) is 4.54. The molecule has 2 nitrogen and oxygen atoms in total. The van der Waals surface area contributed by atoms with Crippen LogP contribution in [0.4, 0.5) is 4.39 Å². The molecule has 0 aliphatic heterocycles. The molecule has 1 aromatic carbocycles. The molecule has 3 heteroatoms. The third-order valence-corrected chi connectivity index (χ3v) is 1.79. The zero-order valence-corrected chi connectivity index (χ0v) is 8.13. The first kappa shape index (κ1) is 10.7. The molecule has 1 rings (SSSR count). The molecule has 0 aliphatic carbocycles. The average Bonchev–Trinajstić information content (AvgIpc) is 2.19.